The lowest BCUT2D eigenvalue weighted by molar-refractivity contribution is 0.687. The van der Waals surface area contributed by atoms with E-state index in [2.05, 4.69) is 27.8 Å². The fourth-order valence-electron chi connectivity index (χ4n) is 1.97. The van der Waals surface area contributed by atoms with E-state index in [-0.39, 0.29) is 0 Å². The zero-order chi connectivity index (χ0) is 11.7. The second kappa shape index (κ2) is 4.67. The van der Waals surface area contributed by atoms with Gasteiger partial charge in [-0.1, -0.05) is 23.7 Å². The number of anilines is 1. The van der Waals surface area contributed by atoms with Crippen LogP contribution in [0.3, 0.4) is 0 Å². The van der Waals surface area contributed by atoms with Crippen LogP contribution in [0.5, 0.6) is 0 Å². The van der Waals surface area contributed by atoms with Gasteiger partial charge < -0.3 is 5.32 Å². The number of thiophene rings is 1. The number of hydrogen-bond donors (Lipinski definition) is 1. The molecular formula is C13H13ClN2S. The van der Waals surface area contributed by atoms with Gasteiger partial charge in [0.1, 0.15) is 11.0 Å². The molecule has 2 aromatic heterocycles. The first-order valence-corrected chi connectivity index (χ1v) is 7.01. The molecule has 3 rings (SSSR count). The number of nitrogens with one attached hydrogen (secondary N) is 1. The molecule has 1 saturated carbocycles. The number of halogens is 1. The Morgan fingerprint density at radius 2 is 2.18 bits per heavy atom. The third-order valence-corrected chi connectivity index (χ3v) is 4.13. The van der Waals surface area contributed by atoms with E-state index in [9.17, 15) is 0 Å². The van der Waals surface area contributed by atoms with Crippen LogP contribution >= 0.6 is 22.9 Å². The third-order valence-electron chi connectivity index (χ3n) is 2.96. The maximum absolute atomic E-state index is 5.90. The van der Waals surface area contributed by atoms with Gasteiger partial charge in [-0.05, 0) is 42.3 Å². The predicted molar refractivity (Wildman–Crippen MR) is 72.7 cm³/mol. The van der Waals surface area contributed by atoms with E-state index in [1.54, 1.807) is 17.4 Å². The topological polar surface area (TPSA) is 24.9 Å². The van der Waals surface area contributed by atoms with Gasteiger partial charge in [-0.2, -0.15) is 0 Å². The van der Waals surface area contributed by atoms with Gasteiger partial charge in [-0.15, -0.1) is 11.3 Å². The van der Waals surface area contributed by atoms with Crippen molar-refractivity contribution in [1.29, 1.82) is 0 Å². The van der Waals surface area contributed by atoms with E-state index in [0.29, 0.717) is 11.2 Å². The molecule has 1 N–H and O–H groups in total. The first-order chi connectivity index (χ1) is 8.33. The van der Waals surface area contributed by atoms with Gasteiger partial charge in [-0.3, -0.25) is 0 Å². The molecule has 88 valence electrons. The minimum absolute atomic E-state index is 0.390. The molecule has 0 aromatic carbocycles. The molecule has 2 nitrogen and oxygen atoms in total. The summed E-state index contributed by atoms with van der Waals surface area (Å²) in [6.07, 6.45) is 2.60. The Labute approximate surface area is 110 Å². The molecule has 1 atom stereocenters. The van der Waals surface area contributed by atoms with E-state index >= 15 is 0 Å². The van der Waals surface area contributed by atoms with E-state index in [0.717, 1.165) is 11.7 Å². The Morgan fingerprint density at radius 1 is 1.29 bits per heavy atom. The molecule has 1 unspecified atom stereocenters. The summed E-state index contributed by atoms with van der Waals surface area (Å²) in [6, 6.07) is 10.4. The van der Waals surface area contributed by atoms with E-state index in [1.165, 1.54) is 17.7 Å². The van der Waals surface area contributed by atoms with E-state index in [1.807, 2.05) is 12.1 Å². The molecule has 0 radical (unpaired) electrons. The molecule has 2 heterocycles. The maximum Gasteiger partial charge on any atom is 0.131 e. The molecule has 0 saturated heterocycles. The van der Waals surface area contributed by atoms with Crippen LogP contribution in [0.4, 0.5) is 5.82 Å². The third kappa shape index (κ3) is 2.61. The number of aromatic nitrogens is 1. The van der Waals surface area contributed by atoms with Crippen LogP contribution in [-0.4, -0.2) is 4.98 Å². The van der Waals surface area contributed by atoms with Gasteiger partial charge in [0.2, 0.25) is 0 Å². The summed E-state index contributed by atoms with van der Waals surface area (Å²) in [7, 11) is 0. The van der Waals surface area contributed by atoms with Gasteiger partial charge >= 0.3 is 0 Å². The summed E-state index contributed by atoms with van der Waals surface area (Å²) in [5.74, 6) is 1.61. The zero-order valence-corrected chi connectivity index (χ0v) is 10.8. The number of pyridine rings is 1. The second-order valence-corrected chi connectivity index (χ2v) is 5.69. The molecule has 0 aliphatic heterocycles. The van der Waals surface area contributed by atoms with Gasteiger partial charge in [0, 0.05) is 4.88 Å². The van der Waals surface area contributed by atoms with Crippen LogP contribution in [-0.2, 0) is 0 Å². The van der Waals surface area contributed by atoms with Crippen LogP contribution in [0.1, 0.15) is 23.8 Å². The lowest BCUT2D eigenvalue weighted by Gasteiger charge is -2.17. The highest BCUT2D eigenvalue weighted by Crippen LogP contribution is 2.43. The molecule has 1 aliphatic carbocycles. The highest BCUT2D eigenvalue weighted by atomic mass is 35.5. The summed E-state index contributed by atoms with van der Waals surface area (Å²) in [5.41, 5.74) is 0. The van der Waals surface area contributed by atoms with Crippen molar-refractivity contribution in [3.63, 3.8) is 0 Å². The number of nitrogens with zero attached hydrogens (tertiary/aromatic N) is 1. The molecule has 0 amide bonds. The van der Waals surface area contributed by atoms with Crippen LogP contribution < -0.4 is 5.32 Å². The van der Waals surface area contributed by atoms with E-state index in [4.69, 9.17) is 11.6 Å². The van der Waals surface area contributed by atoms with Crippen molar-refractivity contribution in [3.8, 4) is 0 Å². The first kappa shape index (κ1) is 11.1. The fourth-order valence-corrected chi connectivity index (χ4v) is 3.00. The SMILES string of the molecule is Clc1cccc(NC(c2cccs2)C2CC2)n1. The molecule has 1 aliphatic rings. The average Bonchev–Trinajstić information content (AvgIpc) is 3.01. The number of rotatable bonds is 4. The Balaban J connectivity index is 1.81. The fraction of sp³-hybridized carbons (Fsp3) is 0.308. The largest absolute Gasteiger partial charge is 0.362 e. The van der Waals surface area contributed by atoms with Crippen LogP contribution in [0.15, 0.2) is 35.7 Å². The maximum atomic E-state index is 5.90. The summed E-state index contributed by atoms with van der Waals surface area (Å²) >= 11 is 7.70. The molecule has 2 aromatic rings. The zero-order valence-electron chi connectivity index (χ0n) is 9.27. The summed E-state index contributed by atoms with van der Waals surface area (Å²) < 4.78 is 0. The van der Waals surface area contributed by atoms with Crippen LogP contribution in [0, 0.1) is 5.92 Å². The molecular weight excluding hydrogens is 252 g/mol. The van der Waals surface area contributed by atoms with Crippen molar-refractivity contribution in [2.24, 2.45) is 5.92 Å². The van der Waals surface area contributed by atoms with Crippen molar-refractivity contribution >= 4 is 28.8 Å². The molecule has 0 spiro atoms. The highest BCUT2D eigenvalue weighted by molar-refractivity contribution is 7.10. The molecule has 4 heteroatoms. The smallest absolute Gasteiger partial charge is 0.131 e. The normalized spacial score (nSPS) is 16.8. The van der Waals surface area contributed by atoms with Crippen LogP contribution in [0.2, 0.25) is 5.15 Å². The first-order valence-electron chi connectivity index (χ1n) is 5.75. The Bertz CT molecular complexity index is 494. The van der Waals surface area contributed by atoms with Crippen molar-refractivity contribution in [2.45, 2.75) is 18.9 Å². The van der Waals surface area contributed by atoms with Gasteiger partial charge in [0.15, 0.2) is 0 Å². The summed E-state index contributed by atoms with van der Waals surface area (Å²) in [4.78, 5) is 5.68. The van der Waals surface area contributed by atoms with Gasteiger partial charge in [-0.25, -0.2) is 4.98 Å². The Kier molecular flexibility index (Phi) is 3.04. The molecule has 0 bridgehead atoms. The van der Waals surface area contributed by atoms with Crippen LogP contribution in [0.25, 0.3) is 0 Å². The van der Waals surface area contributed by atoms with Gasteiger partial charge in [0.25, 0.3) is 0 Å². The monoisotopic (exact) mass is 264 g/mol. The Morgan fingerprint density at radius 3 is 2.82 bits per heavy atom. The van der Waals surface area contributed by atoms with Crippen molar-refractivity contribution in [3.05, 3.63) is 45.7 Å². The lowest BCUT2D eigenvalue weighted by Crippen LogP contribution is -2.12. The van der Waals surface area contributed by atoms with E-state index < -0.39 is 0 Å². The predicted octanol–water partition coefficient (Wildman–Crippen LogP) is 4.36. The highest BCUT2D eigenvalue weighted by Gasteiger charge is 2.33. The minimum atomic E-state index is 0.390. The quantitative estimate of drug-likeness (QED) is 0.830. The minimum Gasteiger partial charge on any atom is -0.362 e. The number of hydrogen-bond acceptors (Lipinski definition) is 3. The van der Waals surface area contributed by atoms with Crippen molar-refractivity contribution in [2.75, 3.05) is 5.32 Å². The average molecular weight is 265 g/mol. The summed E-state index contributed by atoms with van der Waals surface area (Å²) in [5, 5.41) is 6.16. The van der Waals surface area contributed by atoms with Crippen molar-refractivity contribution in [1.82, 2.24) is 4.98 Å². The molecule has 17 heavy (non-hydrogen) atoms. The van der Waals surface area contributed by atoms with Crippen molar-refractivity contribution < 1.29 is 0 Å². The lowest BCUT2D eigenvalue weighted by atomic mass is 10.1. The second-order valence-electron chi connectivity index (χ2n) is 4.32. The Hall–Kier alpha value is -1.06. The van der Waals surface area contributed by atoms with Gasteiger partial charge in [0.05, 0.1) is 6.04 Å². The summed E-state index contributed by atoms with van der Waals surface area (Å²) in [6.45, 7) is 0. The molecule has 1 fully saturated rings. The standard InChI is InChI=1S/C13H13ClN2S/c14-11-4-1-5-12(15-11)16-13(9-6-7-9)10-3-2-8-17-10/h1-5,8-9,13H,6-7H2,(H,15,16).